The van der Waals surface area contributed by atoms with Crippen LogP contribution in [0, 0.1) is 6.92 Å². The first-order valence-electron chi connectivity index (χ1n) is 9.92. The van der Waals surface area contributed by atoms with Crippen molar-refractivity contribution in [3.63, 3.8) is 0 Å². The number of hydrogen-bond donors (Lipinski definition) is 0. The van der Waals surface area contributed by atoms with Gasteiger partial charge in [-0.15, -0.1) is 0 Å². The standard InChI is InChI=1S/C24H22N4O/c1-17-14-22-25-15-20-16-27(13-12-21(20)28(22)26-17)24(29)23(18-8-4-2-5-9-18)19-10-6-3-7-11-19/h2-11,14-15,23H,12-13,16H2,1H3. The average molecular weight is 382 g/mol. The highest BCUT2D eigenvalue weighted by Gasteiger charge is 2.30. The molecule has 0 radical (unpaired) electrons. The van der Waals surface area contributed by atoms with Gasteiger partial charge in [0.2, 0.25) is 5.91 Å². The maximum atomic E-state index is 13.7. The first-order chi connectivity index (χ1) is 14.2. The number of carbonyl (C=O) groups is 1. The first kappa shape index (κ1) is 17.6. The normalized spacial score (nSPS) is 13.7. The van der Waals surface area contributed by atoms with Gasteiger partial charge >= 0.3 is 0 Å². The summed E-state index contributed by atoms with van der Waals surface area (Å²) in [5, 5.41) is 4.58. The molecule has 0 atom stereocenters. The number of aromatic nitrogens is 3. The number of aryl methyl sites for hydroxylation is 1. The summed E-state index contributed by atoms with van der Waals surface area (Å²) in [5.41, 5.74) is 6.09. The molecule has 1 aliphatic rings. The molecule has 29 heavy (non-hydrogen) atoms. The highest BCUT2D eigenvalue weighted by atomic mass is 16.2. The molecule has 5 nitrogen and oxygen atoms in total. The molecule has 0 spiro atoms. The number of fused-ring (bicyclic) bond motifs is 3. The summed E-state index contributed by atoms with van der Waals surface area (Å²) in [5.74, 6) is -0.174. The Bertz CT molecular complexity index is 1130. The van der Waals surface area contributed by atoms with E-state index in [1.54, 1.807) is 0 Å². The first-order valence-corrected chi connectivity index (χ1v) is 9.92. The average Bonchev–Trinajstić information content (AvgIpc) is 3.16. The molecule has 5 heteroatoms. The molecule has 1 aliphatic heterocycles. The topological polar surface area (TPSA) is 50.5 Å². The van der Waals surface area contributed by atoms with E-state index in [-0.39, 0.29) is 11.8 Å². The molecule has 2 aromatic heterocycles. The van der Waals surface area contributed by atoms with E-state index in [0.717, 1.165) is 40.1 Å². The summed E-state index contributed by atoms with van der Waals surface area (Å²) in [6.07, 6.45) is 2.67. The Balaban J connectivity index is 1.50. The third-order valence-electron chi connectivity index (χ3n) is 5.60. The second-order valence-corrected chi connectivity index (χ2v) is 7.55. The van der Waals surface area contributed by atoms with E-state index in [2.05, 4.69) is 10.1 Å². The van der Waals surface area contributed by atoms with E-state index in [9.17, 15) is 4.79 Å². The fourth-order valence-corrected chi connectivity index (χ4v) is 4.19. The van der Waals surface area contributed by atoms with Crippen LogP contribution < -0.4 is 0 Å². The smallest absolute Gasteiger partial charge is 0.234 e. The monoisotopic (exact) mass is 382 g/mol. The van der Waals surface area contributed by atoms with Crippen molar-refractivity contribution < 1.29 is 4.79 Å². The predicted octanol–water partition coefficient (Wildman–Crippen LogP) is 3.75. The van der Waals surface area contributed by atoms with Crippen LogP contribution in [0.5, 0.6) is 0 Å². The number of carbonyl (C=O) groups excluding carboxylic acids is 1. The molecule has 5 rings (SSSR count). The quantitative estimate of drug-likeness (QED) is 0.542. The fraction of sp³-hybridized carbons (Fsp3) is 0.208. The van der Waals surface area contributed by atoms with E-state index in [1.807, 2.05) is 89.3 Å². The van der Waals surface area contributed by atoms with Crippen LogP contribution in [0.2, 0.25) is 0 Å². The van der Waals surface area contributed by atoms with Crippen molar-refractivity contribution in [1.82, 2.24) is 19.5 Å². The molecule has 3 heterocycles. The molecule has 0 saturated heterocycles. The van der Waals surface area contributed by atoms with Gasteiger partial charge in [0.05, 0.1) is 17.3 Å². The van der Waals surface area contributed by atoms with Gasteiger partial charge < -0.3 is 4.90 Å². The highest BCUT2D eigenvalue weighted by Crippen LogP contribution is 2.29. The Morgan fingerprint density at radius 2 is 1.66 bits per heavy atom. The number of benzene rings is 2. The number of nitrogens with zero attached hydrogens (tertiary/aromatic N) is 4. The van der Waals surface area contributed by atoms with Gasteiger partial charge in [-0.1, -0.05) is 60.7 Å². The minimum Gasteiger partial charge on any atom is -0.337 e. The molecule has 0 fully saturated rings. The second-order valence-electron chi connectivity index (χ2n) is 7.55. The van der Waals surface area contributed by atoms with Gasteiger partial charge in [-0.2, -0.15) is 5.10 Å². The summed E-state index contributed by atoms with van der Waals surface area (Å²) in [4.78, 5) is 20.1. The van der Waals surface area contributed by atoms with Gasteiger partial charge in [-0.25, -0.2) is 9.50 Å². The van der Waals surface area contributed by atoms with Crippen LogP contribution in [0.25, 0.3) is 5.65 Å². The maximum absolute atomic E-state index is 13.7. The molecule has 1 amide bonds. The van der Waals surface area contributed by atoms with Crippen molar-refractivity contribution in [2.75, 3.05) is 6.54 Å². The van der Waals surface area contributed by atoms with Crippen molar-refractivity contribution in [3.05, 3.63) is 101 Å². The van der Waals surface area contributed by atoms with Crippen LogP contribution in [0.1, 0.15) is 34.0 Å². The molecule has 2 aromatic carbocycles. The molecule has 0 bridgehead atoms. The van der Waals surface area contributed by atoms with Crippen LogP contribution >= 0.6 is 0 Å². The predicted molar refractivity (Wildman–Crippen MR) is 112 cm³/mol. The summed E-state index contributed by atoms with van der Waals surface area (Å²) in [6.45, 7) is 3.22. The van der Waals surface area contributed by atoms with Gasteiger partial charge in [-0.05, 0) is 18.1 Å². The minimum atomic E-state index is -0.303. The second kappa shape index (κ2) is 7.17. The maximum Gasteiger partial charge on any atom is 0.234 e. The van der Waals surface area contributed by atoms with Gasteiger partial charge in [0.25, 0.3) is 0 Å². The van der Waals surface area contributed by atoms with E-state index in [1.165, 1.54) is 0 Å². The van der Waals surface area contributed by atoms with Crippen molar-refractivity contribution in [3.8, 4) is 0 Å². The SMILES string of the molecule is Cc1cc2ncc3c(n2n1)CCN(C(=O)C(c1ccccc1)c1ccccc1)C3. The zero-order valence-corrected chi connectivity index (χ0v) is 16.3. The van der Waals surface area contributed by atoms with Crippen molar-refractivity contribution >= 4 is 11.6 Å². The van der Waals surface area contributed by atoms with Crippen molar-refractivity contribution in [2.24, 2.45) is 0 Å². The van der Waals surface area contributed by atoms with Crippen LogP contribution in [-0.4, -0.2) is 31.9 Å². The number of hydrogen-bond acceptors (Lipinski definition) is 3. The molecule has 4 aromatic rings. The van der Waals surface area contributed by atoms with Crippen LogP contribution in [0.15, 0.2) is 72.9 Å². The van der Waals surface area contributed by atoms with Crippen LogP contribution in [0.4, 0.5) is 0 Å². The van der Waals surface area contributed by atoms with Gasteiger partial charge in [0.1, 0.15) is 0 Å². The van der Waals surface area contributed by atoms with Crippen LogP contribution in [-0.2, 0) is 17.8 Å². The lowest BCUT2D eigenvalue weighted by atomic mass is 9.89. The lowest BCUT2D eigenvalue weighted by Gasteiger charge is -2.32. The molecule has 0 N–H and O–H groups in total. The lowest BCUT2D eigenvalue weighted by Crippen LogP contribution is -2.40. The Hall–Kier alpha value is -3.47. The zero-order chi connectivity index (χ0) is 19.8. The highest BCUT2D eigenvalue weighted by molar-refractivity contribution is 5.87. The third-order valence-corrected chi connectivity index (χ3v) is 5.60. The lowest BCUT2D eigenvalue weighted by molar-refractivity contribution is -0.132. The summed E-state index contributed by atoms with van der Waals surface area (Å²) >= 11 is 0. The Morgan fingerprint density at radius 1 is 1.00 bits per heavy atom. The van der Waals surface area contributed by atoms with E-state index in [4.69, 9.17) is 0 Å². The molecule has 0 unspecified atom stereocenters. The van der Waals surface area contributed by atoms with Crippen molar-refractivity contribution in [1.29, 1.82) is 0 Å². The Labute approximate surface area is 169 Å². The molecule has 0 aliphatic carbocycles. The van der Waals surface area contributed by atoms with Gasteiger partial charge in [0.15, 0.2) is 5.65 Å². The van der Waals surface area contributed by atoms with Gasteiger partial charge in [-0.3, -0.25) is 4.79 Å². The summed E-state index contributed by atoms with van der Waals surface area (Å²) < 4.78 is 1.93. The summed E-state index contributed by atoms with van der Waals surface area (Å²) in [6, 6.07) is 22.0. The van der Waals surface area contributed by atoms with Crippen molar-refractivity contribution in [2.45, 2.75) is 25.8 Å². The number of rotatable bonds is 3. The van der Waals surface area contributed by atoms with Gasteiger partial charge in [0, 0.05) is 37.3 Å². The zero-order valence-electron chi connectivity index (χ0n) is 16.3. The van der Waals surface area contributed by atoms with E-state index >= 15 is 0 Å². The van der Waals surface area contributed by atoms with E-state index < -0.39 is 0 Å². The molecular weight excluding hydrogens is 360 g/mol. The minimum absolute atomic E-state index is 0.129. The molecule has 144 valence electrons. The molecule has 0 saturated carbocycles. The van der Waals surface area contributed by atoms with E-state index in [0.29, 0.717) is 13.1 Å². The fourth-order valence-electron chi connectivity index (χ4n) is 4.19. The Kier molecular flexibility index (Phi) is 4.35. The Morgan fingerprint density at radius 3 is 2.31 bits per heavy atom. The van der Waals surface area contributed by atoms with Crippen LogP contribution in [0.3, 0.4) is 0 Å². The molecular formula is C24H22N4O. The number of amides is 1. The third kappa shape index (κ3) is 3.18. The summed E-state index contributed by atoms with van der Waals surface area (Å²) in [7, 11) is 0. The largest absolute Gasteiger partial charge is 0.337 e.